The third-order valence-electron chi connectivity index (χ3n) is 3.67. The predicted molar refractivity (Wildman–Crippen MR) is 95.6 cm³/mol. The lowest BCUT2D eigenvalue weighted by atomic mass is 10.1. The molecule has 7 heteroatoms. The molecule has 3 rings (SSSR count). The molecule has 1 heterocycles. The van der Waals surface area contributed by atoms with Crippen LogP contribution in [0.1, 0.15) is 22.8 Å². The summed E-state index contributed by atoms with van der Waals surface area (Å²) in [7, 11) is 1.54. The minimum Gasteiger partial charge on any atom is -0.493 e. The first-order valence-electron chi connectivity index (χ1n) is 7.79. The van der Waals surface area contributed by atoms with E-state index in [9.17, 15) is 4.79 Å². The molecule has 2 aromatic carbocycles. The van der Waals surface area contributed by atoms with E-state index < -0.39 is 0 Å². The van der Waals surface area contributed by atoms with E-state index >= 15 is 0 Å². The second-order valence-corrected chi connectivity index (χ2v) is 6.15. The van der Waals surface area contributed by atoms with Gasteiger partial charge in [0.2, 0.25) is 6.79 Å². The molecule has 0 aliphatic carbocycles. The van der Waals surface area contributed by atoms with Crippen LogP contribution in [0.2, 0.25) is 0 Å². The van der Waals surface area contributed by atoms with Gasteiger partial charge in [0.25, 0.3) is 5.91 Å². The lowest BCUT2D eigenvalue weighted by Gasteiger charge is -2.13. The van der Waals surface area contributed by atoms with Crippen molar-refractivity contribution in [3.63, 3.8) is 0 Å². The average Bonchev–Trinajstić information content (AvgIpc) is 3.09. The molecule has 1 amide bonds. The molecule has 0 atom stereocenters. The van der Waals surface area contributed by atoms with Crippen LogP contribution in [0.5, 0.6) is 23.0 Å². The van der Waals surface area contributed by atoms with Gasteiger partial charge in [0.05, 0.1) is 18.2 Å². The number of hydrogen-bond acceptors (Lipinski definition) is 5. The van der Waals surface area contributed by atoms with Gasteiger partial charge in [0, 0.05) is 12.1 Å². The highest BCUT2D eigenvalue weighted by Crippen LogP contribution is 2.36. The first-order valence-corrected chi connectivity index (χ1v) is 8.58. The van der Waals surface area contributed by atoms with E-state index in [1.807, 2.05) is 25.1 Å². The van der Waals surface area contributed by atoms with Gasteiger partial charge in [-0.15, -0.1) is 0 Å². The molecular formula is C18H18BrNO5. The Bertz CT molecular complexity index is 793. The molecule has 1 aliphatic heterocycles. The molecule has 0 unspecified atom stereocenters. The summed E-state index contributed by atoms with van der Waals surface area (Å²) in [5.41, 5.74) is 1.41. The molecule has 1 N–H and O–H groups in total. The molecule has 0 saturated carbocycles. The van der Waals surface area contributed by atoms with Crippen molar-refractivity contribution in [2.75, 3.05) is 20.5 Å². The lowest BCUT2D eigenvalue weighted by molar-refractivity contribution is 0.0950. The summed E-state index contributed by atoms with van der Waals surface area (Å²) in [6.07, 6.45) is 0. The van der Waals surface area contributed by atoms with Crippen molar-refractivity contribution in [1.82, 2.24) is 5.32 Å². The van der Waals surface area contributed by atoms with Crippen molar-refractivity contribution in [2.24, 2.45) is 0 Å². The predicted octanol–water partition coefficient (Wildman–Crippen LogP) is 3.52. The monoisotopic (exact) mass is 407 g/mol. The van der Waals surface area contributed by atoms with Gasteiger partial charge in [-0.05, 0) is 52.7 Å². The molecule has 25 heavy (non-hydrogen) atoms. The number of nitrogens with one attached hydrogen (secondary N) is 1. The van der Waals surface area contributed by atoms with Crippen molar-refractivity contribution in [1.29, 1.82) is 0 Å². The fourth-order valence-corrected chi connectivity index (χ4v) is 3.03. The van der Waals surface area contributed by atoms with Gasteiger partial charge in [-0.25, -0.2) is 0 Å². The Morgan fingerprint density at radius 3 is 2.80 bits per heavy atom. The molecule has 0 spiro atoms. The zero-order chi connectivity index (χ0) is 17.8. The van der Waals surface area contributed by atoms with Gasteiger partial charge in [-0.2, -0.15) is 0 Å². The molecule has 2 aromatic rings. The summed E-state index contributed by atoms with van der Waals surface area (Å²) >= 11 is 3.42. The average molecular weight is 408 g/mol. The SMILES string of the molecule is CCOc1c(Br)cc(C(=O)NCc2ccc3c(c2)OCO3)cc1OC. The van der Waals surface area contributed by atoms with Crippen molar-refractivity contribution in [3.05, 3.63) is 45.9 Å². The molecule has 132 valence electrons. The maximum Gasteiger partial charge on any atom is 0.251 e. The Morgan fingerprint density at radius 1 is 1.24 bits per heavy atom. The molecule has 1 aliphatic rings. The number of carbonyl (C=O) groups is 1. The second kappa shape index (κ2) is 7.65. The van der Waals surface area contributed by atoms with Crippen molar-refractivity contribution < 1.29 is 23.7 Å². The van der Waals surface area contributed by atoms with E-state index in [2.05, 4.69) is 21.2 Å². The molecule has 0 saturated heterocycles. The quantitative estimate of drug-likeness (QED) is 0.793. The second-order valence-electron chi connectivity index (χ2n) is 5.29. The number of halogens is 1. The van der Waals surface area contributed by atoms with Crippen molar-refractivity contribution in [2.45, 2.75) is 13.5 Å². The molecular weight excluding hydrogens is 390 g/mol. The number of hydrogen-bond donors (Lipinski definition) is 1. The number of benzene rings is 2. The Morgan fingerprint density at radius 2 is 2.04 bits per heavy atom. The largest absolute Gasteiger partial charge is 0.493 e. The van der Waals surface area contributed by atoms with E-state index in [1.54, 1.807) is 19.2 Å². The minimum absolute atomic E-state index is 0.209. The number of methoxy groups -OCH3 is 1. The smallest absolute Gasteiger partial charge is 0.251 e. The Kier molecular flexibility index (Phi) is 5.33. The topological polar surface area (TPSA) is 66.0 Å². The van der Waals surface area contributed by atoms with Gasteiger partial charge >= 0.3 is 0 Å². The highest BCUT2D eigenvalue weighted by molar-refractivity contribution is 9.10. The maximum atomic E-state index is 12.5. The van der Waals surface area contributed by atoms with Crippen LogP contribution >= 0.6 is 15.9 Å². The fourth-order valence-electron chi connectivity index (χ4n) is 2.47. The van der Waals surface area contributed by atoms with E-state index in [-0.39, 0.29) is 12.7 Å². The molecule has 0 aromatic heterocycles. The van der Waals surface area contributed by atoms with Gasteiger partial charge in [-0.1, -0.05) is 6.07 Å². The number of carbonyl (C=O) groups excluding carboxylic acids is 1. The fraction of sp³-hybridized carbons (Fsp3) is 0.278. The summed E-state index contributed by atoms with van der Waals surface area (Å²) < 4.78 is 22.1. The number of fused-ring (bicyclic) bond motifs is 1. The first-order chi connectivity index (χ1) is 12.1. The van der Waals surface area contributed by atoms with Gasteiger partial charge < -0.3 is 24.3 Å². The molecule has 0 fully saturated rings. The van der Waals surface area contributed by atoms with Gasteiger partial charge in [0.1, 0.15) is 0 Å². The zero-order valence-electron chi connectivity index (χ0n) is 13.9. The first kappa shape index (κ1) is 17.4. The van der Waals surface area contributed by atoms with Crippen molar-refractivity contribution >= 4 is 21.8 Å². The standard InChI is InChI=1S/C18H18BrNO5/c1-3-23-17-13(19)7-12(8-16(17)22-2)18(21)20-9-11-4-5-14-15(6-11)25-10-24-14/h4-8H,3,9-10H2,1-2H3,(H,20,21). The normalized spacial score (nSPS) is 12.0. The van der Waals surface area contributed by atoms with Crippen LogP contribution in [0.3, 0.4) is 0 Å². The Labute approximate surface area is 154 Å². The van der Waals surface area contributed by atoms with Gasteiger partial charge in [0.15, 0.2) is 23.0 Å². The molecule has 0 bridgehead atoms. The van der Waals surface area contributed by atoms with Crippen LogP contribution in [-0.4, -0.2) is 26.4 Å². The van der Waals surface area contributed by atoms with Crippen LogP contribution < -0.4 is 24.3 Å². The van der Waals surface area contributed by atoms with Gasteiger partial charge in [-0.3, -0.25) is 4.79 Å². The zero-order valence-corrected chi connectivity index (χ0v) is 15.5. The lowest BCUT2D eigenvalue weighted by Crippen LogP contribution is -2.22. The number of rotatable bonds is 6. The number of ether oxygens (including phenoxy) is 4. The van der Waals surface area contributed by atoms with E-state index in [1.165, 1.54) is 0 Å². The van der Waals surface area contributed by atoms with Crippen LogP contribution in [-0.2, 0) is 6.54 Å². The third kappa shape index (κ3) is 3.82. The summed E-state index contributed by atoms with van der Waals surface area (Å²) in [5, 5.41) is 2.88. The van der Waals surface area contributed by atoms with Crippen LogP contribution in [0.15, 0.2) is 34.8 Å². The minimum atomic E-state index is -0.209. The summed E-state index contributed by atoms with van der Waals surface area (Å²) in [4.78, 5) is 12.5. The molecule has 0 radical (unpaired) electrons. The summed E-state index contributed by atoms with van der Waals surface area (Å²) in [6.45, 7) is 3.00. The summed E-state index contributed by atoms with van der Waals surface area (Å²) in [5.74, 6) is 2.29. The summed E-state index contributed by atoms with van der Waals surface area (Å²) in [6, 6.07) is 8.95. The van der Waals surface area contributed by atoms with Crippen LogP contribution in [0, 0.1) is 0 Å². The van der Waals surface area contributed by atoms with E-state index in [4.69, 9.17) is 18.9 Å². The van der Waals surface area contributed by atoms with Crippen LogP contribution in [0.4, 0.5) is 0 Å². The Hall–Kier alpha value is -2.41. The highest BCUT2D eigenvalue weighted by Gasteiger charge is 2.16. The van der Waals surface area contributed by atoms with Crippen LogP contribution in [0.25, 0.3) is 0 Å². The Balaban J connectivity index is 1.71. The third-order valence-corrected chi connectivity index (χ3v) is 4.26. The van der Waals surface area contributed by atoms with E-state index in [0.29, 0.717) is 40.4 Å². The van der Waals surface area contributed by atoms with Crippen molar-refractivity contribution in [3.8, 4) is 23.0 Å². The molecule has 6 nitrogen and oxygen atoms in total. The highest BCUT2D eigenvalue weighted by atomic mass is 79.9. The number of amides is 1. The van der Waals surface area contributed by atoms with E-state index in [0.717, 1.165) is 11.3 Å². The maximum absolute atomic E-state index is 12.5.